The Morgan fingerprint density at radius 2 is 1.03 bits per heavy atom. The molecule has 6 heterocycles. The van der Waals surface area contributed by atoms with Crippen LogP contribution in [0.25, 0.3) is 44.1 Å². The van der Waals surface area contributed by atoms with E-state index in [0.717, 1.165) is 55.1 Å². The van der Waals surface area contributed by atoms with Gasteiger partial charge in [-0.3, -0.25) is 0 Å². The molecule has 0 radical (unpaired) electrons. The van der Waals surface area contributed by atoms with Crippen molar-refractivity contribution in [2.45, 2.75) is 53.9 Å². The van der Waals surface area contributed by atoms with Crippen molar-refractivity contribution in [1.29, 1.82) is 0 Å². The van der Waals surface area contributed by atoms with Gasteiger partial charge in [-0.05, 0) is 87.4 Å². The molecule has 2 N–H and O–H groups in total. The topological polar surface area (TPSA) is 181 Å². The molecule has 0 atom stereocenters. The molecule has 0 saturated carbocycles. The first kappa shape index (κ1) is 38.3. The Hall–Kier alpha value is -7.18. The van der Waals surface area contributed by atoms with Gasteiger partial charge in [0.15, 0.2) is 0 Å². The maximum absolute atomic E-state index is 12.5. The van der Waals surface area contributed by atoms with Gasteiger partial charge >= 0.3 is 12.1 Å². The second-order valence-electron chi connectivity index (χ2n) is 14.2. The van der Waals surface area contributed by atoms with Gasteiger partial charge in [0.2, 0.25) is 0 Å². The monoisotopic (exact) mass is 834 g/mol. The van der Waals surface area contributed by atoms with Crippen LogP contribution in [-0.2, 0) is 26.2 Å². The average Bonchev–Trinajstić information content (AvgIpc) is 4.12. The number of carbonyl (C=O) groups is 2. The second-order valence-corrected chi connectivity index (χ2v) is 16.1. The highest BCUT2D eigenvalue weighted by Crippen LogP contribution is 2.22. The highest BCUT2D eigenvalue weighted by molar-refractivity contribution is 7.09. The number of hydrogen-bond acceptors (Lipinski definition) is 12. The first-order chi connectivity index (χ1) is 29.2. The Bertz CT molecular complexity index is 3190. The third kappa shape index (κ3) is 7.84. The third-order valence-electron chi connectivity index (χ3n) is 9.90. The molecule has 10 aromatic rings. The van der Waals surface area contributed by atoms with Gasteiger partial charge in [0.25, 0.3) is 0 Å². The maximum atomic E-state index is 12.5. The molecule has 0 bridgehead atoms. The number of thiazole rings is 2. The van der Waals surface area contributed by atoms with Crippen LogP contribution in [0.2, 0.25) is 0 Å². The van der Waals surface area contributed by atoms with Gasteiger partial charge in [0, 0.05) is 10.8 Å². The van der Waals surface area contributed by atoms with Crippen LogP contribution in [0.5, 0.6) is 0 Å². The van der Waals surface area contributed by atoms with E-state index in [4.69, 9.17) is 0 Å². The van der Waals surface area contributed by atoms with Crippen molar-refractivity contribution in [1.82, 2.24) is 69.7 Å². The number of aryl methyl sites for hydroxylation is 4. The Morgan fingerprint density at radius 1 is 0.533 bits per heavy atom. The fourth-order valence-electron chi connectivity index (χ4n) is 6.93. The summed E-state index contributed by atoms with van der Waals surface area (Å²) in [5.41, 5.74) is 11.2. The van der Waals surface area contributed by atoms with Crippen LogP contribution in [0.3, 0.4) is 0 Å². The molecule has 16 nitrogen and oxygen atoms in total. The minimum absolute atomic E-state index is 0.327. The largest absolute Gasteiger partial charge is 0.344 e. The van der Waals surface area contributed by atoms with Gasteiger partial charge in [0.05, 0.1) is 70.7 Å². The zero-order valence-corrected chi connectivity index (χ0v) is 34.7. The summed E-state index contributed by atoms with van der Waals surface area (Å²) in [6, 6.07) is 26.6. The van der Waals surface area contributed by atoms with Gasteiger partial charge in [-0.25, -0.2) is 29.5 Å². The summed E-state index contributed by atoms with van der Waals surface area (Å²) in [7, 11) is 0. The van der Waals surface area contributed by atoms with E-state index in [0.29, 0.717) is 48.2 Å². The molecule has 2 amide bonds. The Balaban J connectivity index is 0.000000154. The third-order valence-corrected chi connectivity index (χ3v) is 11.7. The molecule has 0 saturated heterocycles. The summed E-state index contributed by atoms with van der Waals surface area (Å²) in [6.45, 7) is 10.1. The standard InChI is InChI=1S/2C21H19N7OS/c1-13-7-8-16-19(9-13)27(14(2)23-16)11-15-12-30-20(24-15)10-22-21(29)28-18-6-4-3-5-17(18)25-26-28;1-13-7-8-18-17(9-13)23-14(2)27(18)11-15-12-30-20(24-15)10-22-21(29)28-19-6-4-3-5-16(19)25-26-28/h2*3-9,12H,10-11H2,1-2H3,(H,22,29). The van der Waals surface area contributed by atoms with Gasteiger partial charge < -0.3 is 19.8 Å². The van der Waals surface area contributed by atoms with Crippen LogP contribution in [0, 0.1) is 27.7 Å². The number of aromatic nitrogens is 12. The second kappa shape index (κ2) is 16.2. The Morgan fingerprint density at radius 3 is 1.62 bits per heavy atom. The average molecular weight is 835 g/mol. The SMILES string of the molecule is Cc1ccc2c(c1)nc(C)n2Cc1csc(CNC(=O)n2nnc3ccccc32)n1.Cc1ccc2nc(C)n(Cc3csc(CNC(=O)n4nnc5ccccc54)n3)c2c1. The molecule has 0 aliphatic rings. The maximum Gasteiger partial charge on any atom is 0.344 e. The normalized spacial score (nSPS) is 11.4. The number of carbonyl (C=O) groups excluding carboxylic acids is 2. The van der Waals surface area contributed by atoms with Crippen LogP contribution >= 0.6 is 22.7 Å². The zero-order valence-electron chi connectivity index (χ0n) is 33.1. The summed E-state index contributed by atoms with van der Waals surface area (Å²) >= 11 is 3.05. The molecule has 4 aromatic carbocycles. The lowest BCUT2D eigenvalue weighted by atomic mass is 10.2. The van der Waals surface area contributed by atoms with Crippen LogP contribution < -0.4 is 10.6 Å². The number of amides is 2. The first-order valence-corrected chi connectivity index (χ1v) is 20.8. The van der Waals surface area contributed by atoms with Crippen LogP contribution in [-0.4, -0.2) is 71.1 Å². The quantitative estimate of drug-likeness (QED) is 0.157. The van der Waals surface area contributed by atoms with E-state index in [-0.39, 0.29) is 12.1 Å². The summed E-state index contributed by atoms with van der Waals surface area (Å²) in [6.07, 6.45) is 0. The van der Waals surface area contributed by atoms with Crippen molar-refractivity contribution in [2.75, 3.05) is 0 Å². The highest BCUT2D eigenvalue weighted by atomic mass is 32.1. The molecule has 0 fully saturated rings. The molecular formula is C42H38N14O2S2. The van der Waals surface area contributed by atoms with Crippen molar-refractivity contribution in [3.63, 3.8) is 0 Å². The predicted octanol–water partition coefficient (Wildman–Crippen LogP) is 7.32. The first-order valence-electron chi connectivity index (χ1n) is 19.1. The Kier molecular flexibility index (Phi) is 10.4. The van der Waals surface area contributed by atoms with E-state index in [1.54, 1.807) is 0 Å². The summed E-state index contributed by atoms with van der Waals surface area (Å²) in [5.74, 6) is 1.91. The van der Waals surface area contributed by atoms with Gasteiger partial charge in [-0.1, -0.05) is 46.8 Å². The number of benzene rings is 4. The summed E-state index contributed by atoms with van der Waals surface area (Å²) in [5, 5.41) is 27.3. The Labute approximate surface area is 350 Å². The van der Waals surface area contributed by atoms with Crippen LogP contribution in [0.1, 0.15) is 44.2 Å². The van der Waals surface area contributed by atoms with Crippen molar-refractivity contribution in [3.05, 3.63) is 140 Å². The molecule has 0 spiro atoms. The molecule has 0 aliphatic carbocycles. The number of rotatable bonds is 8. The minimum atomic E-state index is -0.327. The van der Waals surface area contributed by atoms with Crippen molar-refractivity contribution in [3.8, 4) is 0 Å². The van der Waals surface area contributed by atoms with Gasteiger partial charge in [-0.15, -0.1) is 32.9 Å². The summed E-state index contributed by atoms with van der Waals surface area (Å²) in [4.78, 5) is 43.6. The number of imidazole rings is 2. The van der Waals surface area contributed by atoms with E-state index in [2.05, 4.69) is 105 Å². The predicted molar refractivity (Wildman–Crippen MR) is 231 cm³/mol. The van der Waals surface area contributed by atoms with Gasteiger partial charge in [0.1, 0.15) is 32.7 Å². The van der Waals surface area contributed by atoms with Crippen molar-refractivity contribution < 1.29 is 9.59 Å². The molecule has 0 aliphatic heterocycles. The highest BCUT2D eigenvalue weighted by Gasteiger charge is 2.16. The van der Waals surface area contributed by atoms with Crippen LogP contribution in [0.15, 0.2) is 95.7 Å². The number of nitrogens with one attached hydrogen (secondary N) is 2. The summed E-state index contributed by atoms with van der Waals surface area (Å²) < 4.78 is 6.87. The van der Waals surface area contributed by atoms with Crippen LogP contribution in [0.4, 0.5) is 9.59 Å². The van der Waals surface area contributed by atoms with Crippen molar-refractivity contribution in [2.24, 2.45) is 0 Å². The van der Waals surface area contributed by atoms with E-state index in [1.165, 1.54) is 43.2 Å². The minimum Gasteiger partial charge on any atom is -0.330 e. The number of para-hydroxylation sites is 2. The lowest BCUT2D eigenvalue weighted by Gasteiger charge is -2.05. The van der Waals surface area contributed by atoms with E-state index < -0.39 is 0 Å². The van der Waals surface area contributed by atoms with Gasteiger partial charge in [-0.2, -0.15) is 9.36 Å². The smallest absolute Gasteiger partial charge is 0.330 e. The number of hydrogen-bond donors (Lipinski definition) is 2. The fraction of sp³-hybridized carbons (Fsp3) is 0.190. The lowest BCUT2D eigenvalue weighted by molar-refractivity contribution is 0.238. The van der Waals surface area contributed by atoms with Crippen molar-refractivity contribution >= 4 is 78.9 Å². The molecule has 60 heavy (non-hydrogen) atoms. The lowest BCUT2D eigenvalue weighted by Crippen LogP contribution is -2.28. The fourth-order valence-corrected chi connectivity index (χ4v) is 8.38. The molecule has 0 unspecified atom stereocenters. The number of fused-ring (bicyclic) bond motifs is 4. The van der Waals surface area contributed by atoms with E-state index in [1.807, 2.05) is 79.2 Å². The molecular weight excluding hydrogens is 797 g/mol. The van der Waals surface area contributed by atoms with E-state index >= 15 is 0 Å². The molecule has 6 aromatic heterocycles. The zero-order chi connectivity index (χ0) is 41.3. The van der Waals surface area contributed by atoms with E-state index in [9.17, 15) is 9.59 Å². The molecule has 10 rings (SSSR count). The number of nitrogens with zero attached hydrogens (tertiary/aromatic N) is 12. The molecule has 300 valence electrons. The molecule has 18 heteroatoms.